The molecule has 0 radical (unpaired) electrons. The molecule has 4 heteroatoms. The Balaban J connectivity index is 1.08. The highest BCUT2D eigenvalue weighted by atomic mass is 14.7. The largest absolute Gasteiger partial charge is 0.254 e. The second-order valence-electron chi connectivity index (χ2n) is 8.67. The molecule has 2 aromatic carbocycles. The zero-order valence-electron chi connectivity index (χ0n) is 18.4. The zero-order chi connectivity index (χ0) is 22.0. The summed E-state index contributed by atoms with van der Waals surface area (Å²) in [7, 11) is 0. The van der Waals surface area contributed by atoms with Gasteiger partial charge in [-0.05, 0) is 61.1 Å². The maximum Gasteiger partial charge on any atom is 0.0964 e. The quantitative estimate of drug-likeness (QED) is 0.215. The van der Waals surface area contributed by atoms with E-state index in [2.05, 4.69) is 58.5 Å². The first-order valence-electron chi connectivity index (χ1n) is 11.6. The van der Waals surface area contributed by atoms with Crippen LogP contribution in [0.1, 0.15) is 30.4 Å². The Hall–Kier alpha value is -3.92. The third-order valence-electron chi connectivity index (χ3n) is 6.39. The van der Waals surface area contributed by atoms with Crippen molar-refractivity contribution >= 4 is 43.6 Å². The molecule has 0 saturated heterocycles. The summed E-state index contributed by atoms with van der Waals surface area (Å²) in [5, 5.41) is 4.61. The van der Waals surface area contributed by atoms with Gasteiger partial charge in [0, 0.05) is 46.3 Å². The third kappa shape index (κ3) is 3.89. The summed E-state index contributed by atoms with van der Waals surface area (Å²) in [4.78, 5) is 18.5. The Labute approximate surface area is 192 Å². The van der Waals surface area contributed by atoms with Crippen molar-refractivity contribution in [2.75, 3.05) is 0 Å². The summed E-state index contributed by atoms with van der Waals surface area (Å²) < 4.78 is 0. The molecular weight excluding hydrogens is 404 g/mol. The van der Waals surface area contributed by atoms with E-state index >= 15 is 0 Å². The molecule has 0 aliphatic carbocycles. The van der Waals surface area contributed by atoms with Crippen LogP contribution in [0.2, 0.25) is 0 Å². The Morgan fingerprint density at radius 2 is 0.909 bits per heavy atom. The first-order valence-corrected chi connectivity index (χ1v) is 11.6. The summed E-state index contributed by atoms with van der Waals surface area (Å²) >= 11 is 0. The Bertz CT molecular complexity index is 1490. The van der Waals surface area contributed by atoms with Gasteiger partial charge >= 0.3 is 0 Å². The minimum Gasteiger partial charge on any atom is -0.254 e. The van der Waals surface area contributed by atoms with Crippen LogP contribution in [0.5, 0.6) is 0 Å². The zero-order valence-corrected chi connectivity index (χ0v) is 18.4. The van der Waals surface area contributed by atoms with Gasteiger partial charge in [-0.3, -0.25) is 19.9 Å². The fourth-order valence-electron chi connectivity index (χ4n) is 4.67. The van der Waals surface area contributed by atoms with Crippen molar-refractivity contribution in [2.45, 2.75) is 32.1 Å². The first kappa shape index (κ1) is 19.7. The molecule has 6 aromatic rings. The van der Waals surface area contributed by atoms with Gasteiger partial charge in [0.05, 0.1) is 22.1 Å². The maximum atomic E-state index is 4.73. The van der Waals surface area contributed by atoms with E-state index in [-0.39, 0.29) is 0 Å². The molecule has 0 amide bonds. The lowest BCUT2D eigenvalue weighted by molar-refractivity contribution is 0.677. The van der Waals surface area contributed by atoms with Gasteiger partial charge in [-0.15, -0.1) is 0 Å². The topological polar surface area (TPSA) is 51.6 Å². The van der Waals surface area contributed by atoms with Crippen molar-refractivity contribution in [1.29, 1.82) is 0 Å². The lowest BCUT2D eigenvalue weighted by Crippen LogP contribution is -1.93. The molecule has 0 aliphatic heterocycles. The molecule has 0 unspecified atom stereocenters. The highest BCUT2D eigenvalue weighted by molar-refractivity contribution is 6.03. The number of pyridine rings is 4. The molecule has 0 spiro atoms. The molecule has 0 bridgehead atoms. The lowest BCUT2D eigenvalue weighted by Gasteiger charge is -2.07. The van der Waals surface area contributed by atoms with Crippen molar-refractivity contribution in [2.24, 2.45) is 0 Å². The van der Waals surface area contributed by atoms with E-state index in [9.17, 15) is 0 Å². The van der Waals surface area contributed by atoms with Gasteiger partial charge in [0.2, 0.25) is 0 Å². The van der Waals surface area contributed by atoms with E-state index in [4.69, 9.17) is 9.97 Å². The number of benzene rings is 2. The van der Waals surface area contributed by atoms with Gasteiger partial charge in [0.25, 0.3) is 0 Å². The van der Waals surface area contributed by atoms with Gasteiger partial charge < -0.3 is 0 Å². The van der Waals surface area contributed by atoms with E-state index in [0.29, 0.717) is 0 Å². The molecule has 33 heavy (non-hydrogen) atoms. The number of hydrogen-bond acceptors (Lipinski definition) is 4. The number of aromatic nitrogens is 4. The van der Waals surface area contributed by atoms with Crippen LogP contribution >= 0.6 is 0 Å². The van der Waals surface area contributed by atoms with Crippen molar-refractivity contribution < 1.29 is 0 Å². The normalized spacial score (nSPS) is 11.6. The first-order chi connectivity index (χ1) is 16.3. The summed E-state index contributed by atoms with van der Waals surface area (Å²) in [6.07, 6.45) is 13.3. The van der Waals surface area contributed by atoms with Crippen molar-refractivity contribution in [3.8, 4) is 0 Å². The monoisotopic (exact) mass is 428 g/mol. The van der Waals surface area contributed by atoms with Crippen molar-refractivity contribution in [3.05, 3.63) is 96.6 Å². The molecule has 0 fully saturated rings. The number of unbranched alkanes of at least 4 members (excludes halogenated alkanes) is 2. The van der Waals surface area contributed by atoms with Crippen LogP contribution in [0.3, 0.4) is 0 Å². The van der Waals surface area contributed by atoms with Crippen LogP contribution in [0.25, 0.3) is 43.6 Å². The van der Waals surface area contributed by atoms with Crippen LogP contribution in [0.15, 0.2) is 85.5 Å². The number of nitrogens with zero attached hydrogens (tertiary/aromatic N) is 4. The Morgan fingerprint density at radius 1 is 0.455 bits per heavy atom. The lowest BCUT2D eigenvalue weighted by atomic mass is 10.0. The molecular formula is C29H24N4. The van der Waals surface area contributed by atoms with Crippen molar-refractivity contribution in [1.82, 2.24) is 19.9 Å². The van der Waals surface area contributed by atoms with Crippen LogP contribution < -0.4 is 0 Å². The molecule has 4 aromatic heterocycles. The summed E-state index contributed by atoms with van der Waals surface area (Å²) in [6.45, 7) is 0. The molecule has 0 aliphatic rings. The summed E-state index contributed by atoms with van der Waals surface area (Å²) in [6, 6.07) is 21.2. The average molecular weight is 429 g/mol. The Morgan fingerprint density at radius 3 is 1.42 bits per heavy atom. The minimum atomic E-state index is 0.981. The van der Waals surface area contributed by atoms with Gasteiger partial charge in [-0.2, -0.15) is 0 Å². The molecule has 6 rings (SSSR count). The van der Waals surface area contributed by atoms with Crippen molar-refractivity contribution in [3.63, 3.8) is 0 Å². The van der Waals surface area contributed by atoms with Gasteiger partial charge in [-0.25, -0.2) is 0 Å². The summed E-state index contributed by atoms with van der Waals surface area (Å²) in [5.74, 6) is 0. The predicted octanol–water partition coefficient (Wildman–Crippen LogP) is 6.83. The number of rotatable bonds is 6. The predicted molar refractivity (Wildman–Crippen MR) is 135 cm³/mol. The van der Waals surface area contributed by atoms with E-state index in [1.165, 1.54) is 28.3 Å². The average Bonchev–Trinajstić information content (AvgIpc) is 2.88. The molecule has 0 atom stereocenters. The number of hydrogen-bond donors (Lipinski definition) is 0. The smallest absolute Gasteiger partial charge is 0.0964 e. The highest BCUT2D eigenvalue weighted by Gasteiger charge is 2.06. The van der Waals surface area contributed by atoms with Gasteiger partial charge in [0.15, 0.2) is 0 Å². The second kappa shape index (κ2) is 8.55. The molecule has 4 heterocycles. The SMILES string of the molecule is c1cnc2c(c1)ccc1cc(CCCCCc3cnc4c(ccc5cccnc54)c3)cnc12. The van der Waals surface area contributed by atoms with Crippen LogP contribution in [0, 0.1) is 0 Å². The minimum absolute atomic E-state index is 0.981. The molecule has 4 nitrogen and oxygen atoms in total. The van der Waals surface area contributed by atoms with Gasteiger partial charge in [0.1, 0.15) is 0 Å². The van der Waals surface area contributed by atoms with E-state index in [1.807, 2.05) is 36.9 Å². The molecule has 0 saturated carbocycles. The fraction of sp³-hybridized carbons (Fsp3) is 0.172. The number of aryl methyl sites for hydroxylation is 2. The molecule has 160 valence electrons. The van der Waals surface area contributed by atoms with Gasteiger partial charge in [-0.1, -0.05) is 42.8 Å². The second-order valence-corrected chi connectivity index (χ2v) is 8.67. The Kier molecular flexibility index (Phi) is 5.11. The van der Waals surface area contributed by atoms with Crippen LogP contribution in [-0.4, -0.2) is 19.9 Å². The number of fused-ring (bicyclic) bond motifs is 6. The molecule has 0 N–H and O–H groups in total. The highest BCUT2D eigenvalue weighted by Crippen LogP contribution is 2.24. The van der Waals surface area contributed by atoms with E-state index in [0.717, 1.165) is 58.5 Å². The maximum absolute atomic E-state index is 4.73. The van der Waals surface area contributed by atoms with Crippen LogP contribution in [0.4, 0.5) is 0 Å². The van der Waals surface area contributed by atoms with E-state index < -0.39 is 0 Å². The van der Waals surface area contributed by atoms with Crippen LogP contribution in [-0.2, 0) is 12.8 Å². The summed E-state index contributed by atoms with van der Waals surface area (Å²) in [5.41, 5.74) is 6.53. The third-order valence-corrected chi connectivity index (χ3v) is 6.39. The fourth-order valence-corrected chi connectivity index (χ4v) is 4.67. The van der Waals surface area contributed by atoms with E-state index in [1.54, 1.807) is 0 Å². The standard InChI is InChI=1S/C29H24N4/c1(2-6-20-16-24-12-10-22-8-4-14-30-26(22)28(24)32-18-20)3-7-21-17-25-13-11-23-9-5-15-31-27(23)29(25)33-19-21/h4-5,8-19H,1-3,6-7H2.